The summed E-state index contributed by atoms with van der Waals surface area (Å²) in [6, 6.07) is 2.76. The monoisotopic (exact) mass is 312 g/mol. The van der Waals surface area contributed by atoms with E-state index in [-0.39, 0.29) is 21.7 Å². The van der Waals surface area contributed by atoms with Gasteiger partial charge in [-0.3, -0.25) is 0 Å². The van der Waals surface area contributed by atoms with E-state index in [4.69, 9.17) is 16.3 Å². The van der Waals surface area contributed by atoms with Crippen molar-refractivity contribution in [3.63, 3.8) is 0 Å². The molecule has 6 heteroatoms. The van der Waals surface area contributed by atoms with Crippen molar-refractivity contribution in [1.29, 1.82) is 0 Å². The molecule has 0 saturated heterocycles. The Kier molecular flexibility index (Phi) is 4.98. The van der Waals surface area contributed by atoms with E-state index in [0.717, 1.165) is 0 Å². The highest BCUT2D eigenvalue weighted by molar-refractivity contribution is 9.09. The number of methoxy groups -OCH3 is 1. The molecule has 0 aromatic heterocycles. The Balaban J connectivity index is 3.20. The highest BCUT2D eigenvalue weighted by atomic mass is 79.9. The van der Waals surface area contributed by atoms with Gasteiger partial charge in [0.25, 0.3) is 0 Å². The topological polar surface area (TPSA) is 49.7 Å². The molecular formula is C10H11BrClFO3. The van der Waals surface area contributed by atoms with Crippen LogP contribution in [0.1, 0.15) is 11.7 Å². The first-order valence-corrected chi connectivity index (χ1v) is 5.96. The first-order valence-electron chi connectivity index (χ1n) is 4.46. The summed E-state index contributed by atoms with van der Waals surface area (Å²) < 4.78 is 18.6. The van der Waals surface area contributed by atoms with Crippen LogP contribution in [0.3, 0.4) is 0 Å². The van der Waals surface area contributed by atoms with Gasteiger partial charge in [0.2, 0.25) is 0 Å². The maximum Gasteiger partial charge on any atom is 0.172 e. The minimum Gasteiger partial charge on any atom is -0.494 e. The molecule has 1 aromatic rings. The average Bonchev–Trinajstić information content (AvgIpc) is 2.28. The normalized spacial score (nSPS) is 14.6. The Bertz CT molecular complexity index is 375. The Hall–Kier alpha value is -0.360. The highest BCUT2D eigenvalue weighted by Crippen LogP contribution is 2.33. The van der Waals surface area contributed by atoms with Crippen molar-refractivity contribution in [3.05, 3.63) is 28.5 Å². The fraction of sp³-hybridized carbons (Fsp3) is 0.400. The third-order valence-electron chi connectivity index (χ3n) is 2.13. The van der Waals surface area contributed by atoms with Crippen LogP contribution in [-0.2, 0) is 0 Å². The highest BCUT2D eigenvalue weighted by Gasteiger charge is 2.25. The molecule has 0 aliphatic carbocycles. The summed E-state index contributed by atoms with van der Waals surface area (Å²) in [7, 11) is 1.31. The quantitative estimate of drug-likeness (QED) is 0.839. The average molecular weight is 314 g/mol. The van der Waals surface area contributed by atoms with E-state index < -0.39 is 18.0 Å². The van der Waals surface area contributed by atoms with Crippen molar-refractivity contribution in [1.82, 2.24) is 0 Å². The van der Waals surface area contributed by atoms with Gasteiger partial charge in [-0.1, -0.05) is 27.5 Å². The molecule has 90 valence electrons. The van der Waals surface area contributed by atoms with Gasteiger partial charge in [-0.2, -0.15) is 0 Å². The van der Waals surface area contributed by atoms with Crippen molar-refractivity contribution in [2.45, 2.75) is 12.2 Å². The lowest BCUT2D eigenvalue weighted by Crippen LogP contribution is -2.21. The summed E-state index contributed by atoms with van der Waals surface area (Å²) in [5.41, 5.74) is -0.159. The van der Waals surface area contributed by atoms with Gasteiger partial charge in [-0.05, 0) is 12.1 Å². The zero-order chi connectivity index (χ0) is 12.3. The first-order chi connectivity index (χ1) is 7.52. The molecule has 0 heterocycles. The van der Waals surface area contributed by atoms with Gasteiger partial charge >= 0.3 is 0 Å². The predicted molar refractivity (Wildman–Crippen MR) is 62.7 cm³/mol. The van der Waals surface area contributed by atoms with Crippen LogP contribution in [0.4, 0.5) is 4.39 Å². The zero-order valence-electron chi connectivity index (χ0n) is 8.45. The van der Waals surface area contributed by atoms with Gasteiger partial charge in [-0.15, -0.1) is 0 Å². The number of alkyl halides is 1. The SMILES string of the molecule is COc1ccc(Cl)c(C(O)C(O)CBr)c1F. The Morgan fingerprint density at radius 2 is 2.12 bits per heavy atom. The van der Waals surface area contributed by atoms with Crippen molar-refractivity contribution >= 4 is 27.5 Å². The molecule has 0 aliphatic rings. The standard InChI is InChI=1S/C10H11BrClFO3/c1-16-7-3-2-5(12)8(9(7)13)10(15)6(14)4-11/h2-3,6,10,14-15H,4H2,1H3. The predicted octanol–water partition coefficient (Wildman–Crippen LogP) is 2.28. The summed E-state index contributed by atoms with van der Waals surface area (Å²) >= 11 is 8.76. The first kappa shape index (κ1) is 13.7. The van der Waals surface area contributed by atoms with Gasteiger partial charge in [0.15, 0.2) is 11.6 Å². The summed E-state index contributed by atoms with van der Waals surface area (Å²) in [5, 5.41) is 19.3. The molecule has 1 aromatic carbocycles. The third kappa shape index (κ3) is 2.66. The van der Waals surface area contributed by atoms with Crippen molar-refractivity contribution in [2.24, 2.45) is 0 Å². The van der Waals surface area contributed by atoms with Gasteiger partial charge in [0.1, 0.15) is 6.10 Å². The number of ether oxygens (including phenoxy) is 1. The van der Waals surface area contributed by atoms with E-state index in [1.807, 2.05) is 0 Å². The van der Waals surface area contributed by atoms with Crippen molar-refractivity contribution < 1.29 is 19.3 Å². The fourth-order valence-corrected chi connectivity index (χ4v) is 1.87. The molecule has 3 nitrogen and oxygen atoms in total. The molecule has 0 saturated carbocycles. The second kappa shape index (κ2) is 5.82. The van der Waals surface area contributed by atoms with Crippen LogP contribution in [-0.4, -0.2) is 28.8 Å². The minimum atomic E-state index is -1.40. The summed E-state index contributed by atoms with van der Waals surface area (Å²) in [5.74, 6) is -0.789. The van der Waals surface area contributed by atoms with E-state index in [1.165, 1.54) is 19.2 Å². The van der Waals surface area contributed by atoms with E-state index in [9.17, 15) is 14.6 Å². The molecule has 0 spiro atoms. The Morgan fingerprint density at radius 1 is 1.50 bits per heavy atom. The van der Waals surface area contributed by atoms with E-state index in [1.54, 1.807) is 0 Å². The summed E-state index contributed by atoms with van der Waals surface area (Å²) in [6.45, 7) is 0. The Labute approximate surface area is 106 Å². The lowest BCUT2D eigenvalue weighted by molar-refractivity contribution is 0.0318. The number of hydrogen-bond donors (Lipinski definition) is 2. The van der Waals surface area contributed by atoms with Crippen LogP contribution >= 0.6 is 27.5 Å². The van der Waals surface area contributed by atoms with Crippen LogP contribution in [0.25, 0.3) is 0 Å². The second-order valence-corrected chi connectivity index (χ2v) is 4.20. The number of rotatable bonds is 4. The molecular weight excluding hydrogens is 302 g/mol. The lowest BCUT2D eigenvalue weighted by Gasteiger charge is -2.18. The summed E-state index contributed by atoms with van der Waals surface area (Å²) in [6.07, 6.45) is -2.54. The molecule has 0 fully saturated rings. The number of aliphatic hydroxyl groups is 2. The molecule has 0 aliphatic heterocycles. The smallest absolute Gasteiger partial charge is 0.172 e. The van der Waals surface area contributed by atoms with E-state index in [0.29, 0.717) is 0 Å². The zero-order valence-corrected chi connectivity index (χ0v) is 10.8. The van der Waals surface area contributed by atoms with Gasteiger partial charge in [0, 0.05) is 15.9 Å². The second-order valence-electron chi connectivity index (χ2n) is 3.14. The summed E-state index contributed by atoms with van der Waals surface area (Å²) in [4.78, 5) is 0. The number of benzene rings is 1. The fourth-order valence-electron chi connectivity index (χ4n) is 1.25. The molecule has 0 amide bonds. The number of hydrogen-bond acceptors (Lipinski definition) is 3. The maximum absolute atomic E-state index is 13.8. The molecule has 2 unspecified atom stereocenters. The van der Waals surface area contributed by atoms with Crippen LogP contribution in [0.15, 0.2) is 12.1 Å². The molecule has 0 radical (unpaired) electrons. The van der Waals surface area contributed by atoms with E-state index >= 15 is 0 Å². The molecule has 16 heavy (non-hydrogen) atoms. The number of halogens is 3. The van der Waals surface area contributed by atoms with Gasteiger partial charge < -0.3 is 14.9 Å². The lowest BCUT2D eigenvalue weighted by atomic mass is 10.0. The van der Waals surface area contributed by atoms with E-state index in [2.05, 4.69) is 15.9 Å². The Morgan fingerprint density at radius 3 is 2.62 bits per heavy atom. The minimum absolute atomic E-state index is 0.0276. The van der Waals surface area contributed by atoms with Crippen LogP contribution in [0.5, 0.6) is 5.75 Å². The molecule has 2 N–H and O–H groups in total. The number of aliphatic hydroxyl groups excluding tert-OH is 2. The maximum atomic E-state index is 13.8. The largest absolute Gasteiger partial charge is 0.494 e. The van der Waals surface area contributed by atoms with Gasteiger partial charge in [0.05, 0.1) is 13.2 Å². The molecule has 2 atom stereocenters. The van der Waals surface area contributed by atoms with Crippen LogP contribution in [0, 0.1) is 5.82 Å². The van der Waals surface area contributed by atoms with Gasteiger partial charge in [-0.25, -0.2) is 4.39 Å². The van der Waals surface area contributed by atoms with Crippen molar-refractivity contribution in [2.75, 3.05) is 12.4 Å². The molecule has 1 rings (SSSR count). The van der Waals surface area contributed by atoms with Crippen LogP contribution in [0.2, 0.25) is 5.02 Å². The van der Waals surface area contributed by atoms with Crippen LogP contribution < -0.4 is 4.74 Å². The molecule has 0 bridgehead atoms. The third-order valence-corrected chi connectivity index (χ3v) is 3.12. The van der Waals surface area contributed by atoms with Crippen molar-refractivity contribution in [3.8, 4) is 5.75 Å².